The second kappa shape index (κ2) is 8.49. The number of benzene rings is 1. The summed E-state index contributed by atoms with van der Waals surface area (Å²) in [5, 5.41) is 8.15. The molecule has 1 aromatic carbocycles. The van der Waals surface area contributed by atoms with Gasteiger partial charge in [0.2, 0.25) is 5.91 Å². The average Bonchev–Trinajstić information content (AvgIpc) is 2.64. The Kier molecular flexibility index (Phi) is 6.09. The van der Waals surface area contributed by atoms with Gasteiger partial charge in [-0.3, -0.25) is 9.59 Å². The lowest BCUT2D eigenvalue weighted by Gasteiger charge is -2.29. The molecule has 1 aliphatic carbocycles. The maximum Gasteiger partial charge on any atom is 0.266 e. The molecule has 6 heteroatoms. The van der Waals surface area contributed by atoms with Gasteiger partial charge in [-0.15, -0.1) is 0 Å². The smallest absolute Gasteiger partial charge is 0.266 e. The number of carbonyl (C=O) groups is 1. The van der Waals surface area contributed by atoms with Crippen molar-refractivity contribution in [3.05, 3.63) is 51.8 Å². The summed E-state index contributed by atoms with van der Waals surface area (Å²) in [7, 11) is 0. The standard InChI is InChI=1S/C20H24ClN3O2/c1-14-4-2-3-5-17(14)22-19(25)12-13-24-20(26)11-10-18(23-24)15-6-8-16(21)9-7-15/h6-11,14,17H,2-5,12-13H2,1H3,(H,22,25)/t14-,17-/m0/s1. The number of rotatable bonds is 5. The molecule has 5 nitrogen and oxygen atoms in total. The molecule has 0 spiro atoms. The number of hydrogen-bond acceptors (Lipinski definition) is 3. The van der Waals surface area contributed by atoms with E-state index in [1.165, 1.54) is 23.6 Å². The number of halogens is 1. The van der Waals surface area contributed by atoms with E-state index in [1.807, 2.05) is 12.1 Å². The van der Waals surface area contributed by atoms with Crippen LogP contribution in [0.2, 0.25) is 5.02 Å². The van der Waals surface area contributed by atoms with Crippen molar-refractivity contribution in [2.75, 3.05) is 0 Å². The van der Waals surface area contributed by atoms with Gasteiger partial charge in [0.1, 0.15) is 0 Å². The molecule has 2 atom stereocenters. The number of carbonyl (C=O) groups excluding carboxylic acids is 1. The summed E-state index contributed by atoms with van der Waals surface area (Å²) in [5.74, 6) is 0.496. The average molecular weight is 374 g/mol. The van der Waals surface area contributed by atoms with Gasteiger partial charge < -0.3 is 5.32 Å². The third kappa shape index (κ3) is 4.73. The molecule has 2 aromatic rings. The molecule has 1 fully saturated rings. The fraction of sp³-hybridized carbons (Fsp3) is 0.450. The van der Waals surface area contributed by atoms with Crippen molar-refractivity contribution in [2.45, 2.75) is 51.6 Å². The molecule has 1 aromatic heterocycles. The predicted molar refractivity (Wildman–Crippen MR) is 103 cm³/mol. The first-order valence-electron chi connectivity index (χ1n) is 9.16. The van der Waals surface area contributed by atoms with Crippen molar-refractivity contribution in [2.24, 2.45) is 5.92 Å². The van der Waals surface area contributed by atoms with Crippen molar-refractivity contribution < 1.29 is 4.79 Å². The minimum absolute atomic E-state index is 0.0191. The number of amides is 1. The second-order valence-electron chi connectivity index (χ2n) is 6.97. The number of hydrogen-bond donors (Lipinski definition) is 1. The quantitative estimate of drug-likeness (QED) is 0.870. The summed E-state index contributed by atoms with van der Waals surface area (Å²) < 4.78 is 1.35. The summed E-state index contributed by atoms with van der Waals surface area (Å²) in [5.41, 5.74) is 1.35. The van der Waals surface area contributed by atoms with Crippen molar-refractivity contribution in [1.82, 2.24) is 15.1 Å². The van der Waals surface area contributed by atoms with E-state index < -0.39 is 0 Å². The molecule has 3 rings (SSSR count). The lowest BCUT2D eigenvalue weighted by atomic mass is 9.86. The maximum absolute atomic E-state index is 12.3. The third-order valence-corrected chi connectivity index (χ3v) is 5.27. The van der Waals surface area contributed by atoms with Crippen LogP contribution in [0.5, 0.6) is 0 Å². The molecule has 1 N–H and O–H groups in total. The van der Waals surface area contributed by atoms with Crippen LogP contribution in [0.4, 0.5) is 0 Å². The molecule has 1 heterocycles. The van der Waals surface area contributed by atoms with E-state index >= 15 is 0 Å². The maximum atomic E-state index is 12.3. The number of nitrogens with one attached hydrogen (secondary N) is 1. The summed E-state index contributed by atoms with van der Waals surface area (Å²) in [6.45, 7) is 2.46. The monoisotopic (exact) mass is 373 g/mol. The largest absolute Gasteiger partial charge is 0.353 e. The first-order chi connectivity index (χ1) is 12.5. The SMILES string of the molecule is C[C@H]1CCCC[C@@H]1NC(=O)CCn1nc(-c2ccc(Cl)cc2)ccc1=O. The van der Waals surface area contributed by atoms with Gasteiger partial charge in [-0.1, -0.05) is 43.5 Å². The second-order valence-corrected chi connectivity index (χ2v) is 7.41. The van der Waals surface area contributed by atoms with E-state index in [-0.39, 0.29) is 30.5 Å². The Morgan fingerprint density at radius 1 is 1.19 bits per heavy atom. The van der Waals surface area contributed by atoms with E-state index in [2.05, 4.69) is 17.3 Å². The Hall–Kier alpha value is -2.14. The van der Waals surface area contributed by atoms with Crippen LogP contribution >= 0.6 is 11.6 Å². The van der Waals surface area contributed by atoms with E-state index in [0.29, 0.717) is 16.6 Å². The Labute approximate surface area is 158 Å². The lowest BCUT2D eigenvalue weighted by molar-refractivity contribution is -0.122. The first kappa shape index (κ1) is 18.6. The fourth-order valence-electron chi connectivity index (χ4n) is 3.40. The molecule has 0 aliphatic heterocycles. The summed E-state index contributed by atoms with van der Waals surface area (Å²) in [4.78, 5) is 24.3. The van der Waals surface area contributed by atoms with Crippen LogP contribution < -0.4 is 10.9 Å². The first-order valence-corrected chi connectivity index (χ1v) is 9.54. The highest BCUT2D eigenvalue weighted by Gasteiger charge is 2.22. The molecule has 138 valence electrons. The Morgan fingerprint density at radius 3 is 2.65 bits per heavy atom. The van der Waals surface area contributed by atoms with Crippen molar-refractivity contribution >= 4 is 17.5 Å². The zero-order valence-corrected chi connectivity index (χ0v) is 15.7. The molecule has 0 radical (unpaired) electrons. The third-order valence-electron chi connectivity index (χ3n) is 5.02. The minimum Gasteiger partial charge on any atom is -0.353 e. The number of aryl methyl sites for hydroxylation is 1. The van der Waals surface area contributed by atoms with Gasteiger partial charge in [-0.25, -0.2) is 4.68 Å². The highest BCUT2D eigenvalue weighted by molar-refractivity contribution is 6.30. The molecule has 0 bridgehead atoms. The van der Waals surface area contributed by atoms with Crippen LogP contribution in [0.25, 0.3) is 11.3 Å². The zero-order valence-electron chi connectivity index (χ0n) is 15.0. The van der Waals surface area contributed by atoms with E-state index in [9.17, 15) is 9.59 Å². The van der Waals surface area contributed by atoms with E-state index in [4.69, 9.17) is 11.6 Å². The fourth-order valence-corrected chi connectivity index (χ4v) is 3.53. The van der Waals surface area contributed by atoms with Crippen molar-refractivity contribution in [3.63, 3.8) is 0 Å². The molecule has 0 unspecified atom stereocenters. The summed E-state index contributed by atoms with van der Waals surface area (Å²) >= 11 is 5.91. The zero-order chi connectivity index (χ0) is 18.5. The molecular weight excluding hydrogens is 350 g/mol. The lowest BCUT2D eigenvalue weighted by Crippen LogP contribution is -2.41. The van der Waals surface area contributed by atoms with Crippen molar-refractivity contribution in [3.8, 4) is 11.3 Å². The number of aromatic nitrogens is 2. The van der Waals surface area contributed by atoms with Gasteiger partial charge in [-0.05, 0) is 37.0 Å². The van der Waals surface area contributed by atoms with Crippen LogP contribution in [0, 0.1) is 5.92 Å². The Balaban J connectivity index is 1.64. The highest BCUT2D eigenvalue weighted by atomic mass is 35.5. The van der Waals surface area contributed by atoms with E-state index in [1.54, 1.807) is 18.2 Å². The molecular formula is C20H24ClN3O2. The summed E-state index contributed by atoms with van der Waals surface area (Å²) in [6, 6.07) is 10.7. The Morgan fingerprint density at radius 2 is 1.92 bits per heavy atom. The van der Waals surface area contributed by atoms with Crippen LogP contribution in [0.3, 0.4) is 0 Å². The topological polar surface area (TPSA) is 64.0 Å². The molecule has 0 saturated heterocycles. The van der Waals surface area contributed by atoms with Crippen LogP contribution in [-0.4, -0.2) is 21.7 Å². The summed E-state index contributed by atoms with van der Waals surface area (Å²) in [6.07, 6.45) is 4.86. The molecule has 1 amide bonds. The van der Waals surface area contributed by atoms with E-state index in [0.717, 1.165) is 18.4 Å². The van der Waals surface area contributed by atoms with Crippen molar-refractivity contribution in [1.29, 1.82) is 0 Å². The highest BCUT2D eigenvalue weighted by Crippen LogP contribution is 2.23. The van der Waals surface area contributed by atoms with Gasteiger partial charge in [0.25, 0.3) is 5.56 Å². The van der Waals surface area contributed by atoms with Crippen LogP contribution in [0.15, 0.2) is 41.2 Å². The number of nitrogens with zero attached hydrogens (tertiary/aromatic N) is 2. The Bertz CT molecular complexity index is 817. The van der Waals surface area contributed by atoms with Gasteiger partial charge >= 0.3 is 0 Å². The normalized spacial score (nSPS) is 19.9. The van der Waals surface area contributed by atoms with Gasteiger partial charge in [0.05, 0.1) is 12.2 Å². The molecule has 1 aliphatic rings. The van der Waals surface area contributed by atoms with Gasteiger partial charge in [-0.2, -0.15) is 5.10 Å². The molecule has 1 saturated carbocycles. The van der Waals surface area contributed by atoms with Crippen LogP contribution in [-0.2, 0) is 11.3 Å². The minimum atomic E-state index is -0.207. The van der Waals surface area contributed by atoms with Gasteiger partial charge in [0, 0.05) is 29.1 Å². The van der Waals surface area contributed by atoms with Gasteiger partial charge in [0.15, 0.2) is 0 Å². The van der Waals surface area contributed by atoms with Crippen LogP contribution in [0.1, 0.15) is 39.0 Å². The predicted octanol–water partition coefficient (Wildman–Crippen LogP) is 3.65. The molecule has 26 heavy (non-hydrogen) atoms.